The van der Waals surface area contributed by atoms with Crippen molar-refractivity contribution in [2.45, 2.75) is 33.2 Å². The minimum Gasteiger partial charge on any atom is -0.480 e. The van der Waals surface area contributed by atoms with Crippen LogP contribution in [-0.4, -0.2) is 77.6 Å². The van der Waals surface area contributed by atoms with Crippen molar-refractivity contribution in [2.24, 2.45) is 5.92 Å². The Morgan fingerprint density at radius 2 is 1.80 bits per heavy atom. The molecule has 1 unspecified atom stereocenters. The van der Waals surface area contributed by atoms with E-state index in [4.69, 9.17) is 5.11 Å². The van der Waals surface area contributed by atoms with Crippen LogP contribution in [0.3, 0.4) is 0 Å². The first-order valence-electron chi connectivity index (χ1n) is 7.28. The molecule has 20 heavy (non-hydrogen) atoms. The molecule has 0 bridgehead atoms. The van der Waals surface area contributed by atoms with Crippen molar-refractivity contribution in [2.75, 3.05) is 39.8 Å². The molecular formula is C14H27N3O3. The van der Waals surface area contributed by atoms with Crippen LogP contribution in [0.5, 0.6) is 0 Å². The van der Waals surface area contributed by atoms with Crippen molar-refractivity contribution in [1.82, 2.24) is 14.7 Å². The number of nitrogens with zero attached hydrogens (tertiary/aromatic N) is 3. The number of amides is 2. The second kappa shape index (κ2) is 7.47. The van der Waals surface area contributed by atoms with Crippen LogP contribution < -0.4 is 0 Å². The van der Waals surface area contributed by atoms with Gasteiger partial charge in [-0.25, -0.2) is 4.79 Å². The highest BCUT2D eigenvalue weighted by atomic mass is 16.4. The van der Waals surface area contributed by atoms with Crippen LogP contribution in [0.25, 0.3) is 0 Å². The normalized spacial score (nSPS) is 18.8. The van der Waals surface area contributed by atoms with E-state index in [1.165, 1.54) is 0 Å². The molecule has 1 fully saturated rings. The summed E-state index contributed by atoms with van der Waals surface area (Å²) in [6, 6.07) is 0.240. The van der Waals surface area contributed by atoms with Gasteiger partial charge in [-0.3, -0.25) is 9.69 Å². The topological polar surface area (TPSA) is 64.1 Å². The molecule has 1 saturated heterocycles. The molecule has 6 heteroatoms. The van der Waals surface area contributed by atoms with E-state index in [-0.39, 0.29) is 18.6 Å². The first-order valence-corrected chi connectivity index (χ1v) is 7.28. The van der Waals surface area contributed by atoms with Crippen molar-refractivity contribution in [3.05, 3.63) is 0 Å². The lowest BCUT2D eigenvalue weighted by atomic mass is 10.1. The summed E-state index contributed by atoms with van der Waals surface area (Å²) in [5, 5.41) is 8.82. The van der Waals surface area contributed by atoms with Gasteiger partial charge < -0.3 is 14.9 Å². The fourth-order valence-corrected chi connectivity index (χ4v) is 2.36. The van der Waals surface area contributed by atoms with Gasteiger partial charge in [-0.15, -0.1) is 0 Å². The second-order valence-corrected chi connectivity index (χ2v) is 5.89. The number of urea groups is 1. The van der Waals surface area contributed by atoms with Crippen molar-refractivity contribution >= 4 is 12.0 Å². The van der Waals surface area contributed by atoms with Gasteiger partial charge in [0.1, 0.15) is 0 Å². The van der Waals surface area contributed by atoms with Gasteiger partial charge in [-0.05, 0) is 19.3 Å². The van der Waals surface area contributed by atoms with Crippen LogP contribution in [0.4, 0.5) is 4.79 Å². The largest absolute Gasteiger partial charge is 0.480 e. The van der Waals surface area contributed by atoms with E-state index in [1.807, 2.05) is 16.8 Å². The molecule has 0 aliphatic carbocycles. The predicted octanol–water partition coefficient (Wildman–Crippen LogP) is 1.18. The van der Waals surface area contributed by atoms with E-state index in [9.17, 15) is 9.59 Å². The zero-order valence-corrected chi connectivity index (χ0v) is 13.0. The zero-order valence-electron chi connectivity index (χ0n) is 13.0. The average molecular weight is 285 g/mol. The number of carbonyl (C=O) groups excluding carboxylic acids is 1. The highest BCUT2D eigenvalue weighted by Gasteiger charge is 2.25. The van der Waals surface area contributed by atoms with Gasteiger partial charge in [0.15, 0.2) is 0 Å². The van der Waals surface area contributed by atoms with Crippen molar-refractivity contribution < 1.29 is 14.7 Å². The molecular weight excluding hydrogens is 258 g/mol. The Balaban J connectivity index is 2.55. The van der Waals surface area contributed by atoms with E-state index in [0.717, 1.165) is 13.0 Å². The molecule has 0 aromatic rings. The number of carboxylic acids is 1. The Morgan fingerprint density at radius 3 is 2.35 bits per heavy atom. The molecule has 1 rings (SSSR count). The molecule has 1 aliphatic rings. The van der Waals surface area contributed by atoms with Crippen molar-refractivity contribution in [3.8, 4) is 0 Å². The van der Waals surface area contributed by atoms with E-state index >= 15 is 0 Å². The third-order valence-corrected chi connectivity index (χ3v) is 4.10. The minimum atomic E-state index is -0.810. The molecule has 116 valence electrons. The fourth-order valence-electron chi connectivity index (χ4n) is 2.36. The lowest BCUT2D eigenvalue weighted by Gasteiger charge is -2.33. The maximum atomic E-state index is 12.4. The molecule has 0 spiro atoms. The third kappa shape index (κ3) is 4.67. The minimum absolute atomic E-state index is 0.0448. The van der Waals surface area contributed by atoms with Gasteiger partial charge in [0.25, 0.3) is 0 Å². The van der Waals surface area contributed by atoms with E-state index in [2.05, 4.69) is 20.8 Å². The lowest BCUT2D eigenvalue weighted by Crippen LogP contribution is -2.47. The Kier molecular flexibility index (Phi) is 6.26. The van der Waals surface area contributed by atoms with Crippen LogP contribution in [0.15, 0.2) is 0 Å². The van der Waals surface area contributed by atoms with Gasteiger partial charge in [0.05, 0.1) is 6.54 Å². The Labute approximate surface area is 121 Å². The summed E-state index contributed by atoms with van der Waals surface area (Å²) in [5.41, 5.74) is 0. The number of rotatable bonds is 4. The van der Waals surface area contributed by atoms with Gasteiger partial charge >= 0.3 is 12.0 Å². The van der Waals surface area contributed by atoms with E-state index in [1.54, 1.807) is 4.90 Å². The number of hydrogen-bond donors (Lipinski definition) is 1. The molecule has 0 aromatic carbocycles. The molecule has 0 saturated carbocycles. The van der Waals surface area contributed by atoms with Gasteiger partial charge in [-0.2, -0.15) is 0 Å². The first-order chi connectivity index (χ1) is 9.32. The molecule has 2 amide bonds. The maximum absolute atomic E-state index is 12.4. The molecule has 1 aliphatic heterocycles. The van der Waals surface area contributed by atoms with Gasteiger partial charge in [0.2, 0.25) is 0 Å². The highest BCUT2D eigenvalue weighted by molar-refractivity contribution is 5.74. The van der Waals surface area contributed by atoms with Crippen LogP contribution in [0.2, 0.25) is 0 Å². The standard InChI is InChI=1S/C14H27N3O3/c1-11(2)12(3)15(4)14(20)17-7-5-6-16(8-9-17)10-13(18)19/h11-12H,5-10H2,1-4H3,(H,18,19). The summed E-state index contributed by atoms with van der Waals surface area (Å²) >= 11 is 0. The van der Waals surface area contributed by atoms with Gasteiger partial charge in [0, 0.05) is 39.3 Å². The summed E-state index contributed by atoms with van der Waals surface area (Å²) in [7, 11) is 1.84. The fraction of sp³-hybridized carbons (Fsp3) is 0.857. The van der Waals surface area contributed by atoms with Crippen LogP contribution in [-0.2, 0) is 4.79 Å². The highest BCUT2D eigenvalue weighted by Crippen LogP contribution is 2.12. The number of hydrogen-bond acceptors (Lipinski definition) is 3. The molecule has 0 radical (unpaired) electrons. The van der Waals surface area contributed by atoms with E-state index in [0.29, 0.717) is 25.6 Å². The number of carbonyl (C=O) groups is 2. The Hall–Kier alpha value is -1.30. The van der Waals surface area contributed by atoms with Crippen molar-refractivity contribution in [3.63, 3.8) is 0 Å². The number of carboxylic acid groups (broad SMARTS) is 1. The summed E-state index contributed by atoms with van der Waals surface area (Å²) in [4.78, 5) is 28.7. The molecule has 6 nitrogen and oxygen atoms in total. The van der Waals surface area contributed by atoms with E-state index < -0.39 is 5.97 Å². The summed E-state index contributed by atoms with van der Waals surface area (Å²) in [6.07, 6.45) is 0.822. The second-order valence-electron chi connectivity index (χ2n) is 5.89. The zero-order chi connectivity index (χ0) is 15.3. The number of aliphatic carboxylic acids is 1. The summed E-state index contributed by atoms with van der Waals surface area (Å²) < 4.78 is 0. The van der Waals surface area contributed by atoms with Crippen LogP contribution in [0, 0.1) is 5.92 Å². The average Bonchev–Trinajstić information content (AvgIpc) is 2.61. The smallest absolute Gasteiger partial charge is 0.320 e. The van der Waals surface area contributed by atoms with Crippen molar-refractivity contribution in [1.29, 1.82) is 0 Å². The predicted molar refractivity (Wildman–Crippen MR) is 77.7 cm³/mol. The maximum Gasteiger partial charge on any atom is 0.320 e. The third-order valence-electron chi connectivity index (χ3n) is 4.10. The summed E-state index contributed by atoms with van der Waals surface area (Å²) in [6.45, 7) is 8.97. The molecule has 1 heterocycles. The molecule has 1 N–H and O–H groups in total. The Bertz CT molecular complexity index is 347. The Morgan fingerprint density at radius 1 is 1.15 bits per heavy atom. The lowest BCUT2D eigenvalue weighted by molar-refractivity contribution is -0.138. The van der Waals surface area contributed by atoms with Crippen LogP contribution in [0.1, 0.15) is 27.2 Å². The first kappa shape index (κ1) is 16.8. The summed E-state index contributed by atoms with van der Waals surface area (Å²) in [5.74, 6) is -0.394. The molecule has 1 atom stereocenters. The van der Waals surface area contributed by atoms with Crippen LogP contribution >= 0.6 is 0 Å². The monoisotopic (exact) mass is 285 g/mol. The molecule has 0 aromatic heterocycles. The van der Waals surface area contributed by atoms with Gasteiger partial charge in [-0.1, -0.05) is 13.8 Å². The SMILES string of the molecule is CC(C)C(C)N(C)C(=O)N1CCCN(CC(=O)O)CC1. The quantitative estimate of drug-likeness (QED) is 0.842.